The van der Waals surface area contributed by atoms with E-state index in [-0.39, 0.29) is 5.56 Å². The van der Waals surface area contributed by atoms with Gasteiger partial charge in [-0.2, -0.15) is 4.98 Å². The molecule has 1 fully saturated rings. The van der Waals surface area contributed by atoms with Gasteiger partial charge in [0.25, 0.3) is 5.56 Å². The number of hydrogen-bond donors (Lipinski definition) is 0. The topological polar surface area (TPSA) is 64.7 Å². The van der Waals surface area contributed by atoms with E-state index in [9.17, 15) is 4.79 Å². The lowest BCUT2D eigenvalue weighted by Gasteiger charge is -2.32. The zero-order valence-electron chi connectivity index (χ0n) is 20.1. The summed E-state index contributed by atoms with van der Waals surface area (Å²) in [5.74, 6) is 2.07. The number of nitrogens with zero attached hydrogens (tertiary/aromatic N) is 5. The number of likely N-dealkylation sites (tertiary alicyclic amines) is 1. The Morgan fingerprint density at radius 3 is 2.56 bits per heavy atom. The van der Waals surface area contributed by atoms with E-state index in [0.29, 0.717) is 23.9 Å². The van der Waals surface area contributed by atoms with Crippen LogP contribution < -0.4 is 10.3 Å². The van der Waals surface area contributed by atoms with E-state index in [2.05, 4.69) is 47.1 Å². The molecule has 0 amide bonds. The van der Waals surface area contributed by atoms with Gasteiger partial charge < -0.3 is 14.2 Å². The summed E-state index contributed by atoms with van der Waals surface area (Å²) in [6.45, 7) is 5.98. The quantitative estimate of drug-likeness (QED) is 0.394. The standard InChI is InChI=1S/C27H33N5O2/c1-3-8-24-28-19-23-27(33)31(22-11-12-25(34-2)29-26(22)32(23)24)16-7-15-30-17-13-21(14-18-30)20-9-5-4-6-10-20/h4-6,9-12,19,21H,3,7-8,13-18H2,1-2H3. The van der Waals surface area contributed by atoms with Crippen molar-refractivity contribution in [3.8, 4) is 5.88 Å². The average molecular weight is 460 g/mol. The largest absolute Gasteiger partial charge is 0.481 e. The van der Waals surface area contributed by atoms with Crippen molar-refractivity contribution in [1.29, 1.82) is 0 Å². The Bertz CT molecular complexity index is 1320. The fraction of sp³-hybridized carbons (Fsp3) is 0.444. The van der Waals surface area contributed by atoms with Gasteiger partial charge in [-0.25, -0.2) is 4.98 Å². The molecule has 1 aliphatic heterocycles. The fourth-order valence-corrected chi connectivity index (χ4v) is 5.23. The molecule has 0 atom stereocenters. The van der Waals surface area contributed by atoms with Crippen molar-refractivity contribution < 1.29 is 4.74 Å². The van der Waals surface area contributed by atoms with Crippen LogP contribution in [0.3, 0.4) is 0 Å². The van der Waals surface area contributed by atoms with Gasteiger partial charge >= 0.3 is 0 Å². The number of rotatable bonds is 8. The summed E-state index contributed by atoms with van der Waals surface area (Å²) < 4.78 is 9.16. The van der Waals surface area contributed by atoms with E-state index in [4.69, 9.17) is 9.72 Å². The predicted molar refractivity (Wildman–Crippen MR) is 135 cm³/mol. The molecule has 4 heterocycles. The molecule has 1 saturated heterocycles. The van der Waals surface area contributed by atoms with Crippen LogP contribution in [-0.4, -0.2) is 50.6 Å². The number of piperidine rings is 1. The number of methoxy groups -OCH3 is 1. The van der Waals surface area contributed by atoms with Crippen molar-refractivity contribution in [3.63, 3.8) is 0 Å². The molecule has 1 aromatic carbocycles. The molecule has 5 rings (SSSR count). The van der Waals surface area contributed by atoms with Crippen molar-refractivity contribution in [3.05, 3.63) is 70.4 Å². The van der Waals surface area contributed by atoms with Gasteiger partial charge in [0.2, 0.25) is 5.88 Å². The molecule has 178 valence electrons. The van der Waals surface area contributed by atoms with Crippen LogP contribution in [0.25, 0.3) is 16.7 Å². The molecular formula is C27H33N5O2. The summed E-state index contributed by atoms with van der Waals surface area (Å²) in [5.41, 5.74) is 3.60. The summed E-state index contributed by atoms with van der Waals surface area (Å²) in [7, 11) is 1.61. The normalized spacial score (nSPS) is 15.4. The first-order valence-corrected chi connectivity index (χ1v) is 12.4. The minimum Gasteiger partial charge on any atom is -0.481 e. The maximum absolute atomic E-state index is 13.4. The van der Waals surface area contributed by atoms with Gasteiger partial charge in [-0.1, -0.05) is 37.3 Å². The minimum atomic E-state index is -0.00268. The van der Waals surface area contributed by atoms with E-state index in [0.717, 1.165) is 55.9 Å². The Hall–Kier alpha value is -3.19. The number of benzene rings is 1. The number of ether oxygens (including phenoxy) is 1. The third kappa shape index (κ3) is 4.32. The molecule has 34 heavy (non-hydrogen) atoms. The van der Waals surface area contributed by atoms with E-state index >= 15 is 0 Å². The molecule has 0 spiro atoms. The fourth-order valence-electron chi connectivity index (χ4n) is 5.23. The second kappa shape index (κ2) is 9.97. The highest BCUT2D eigenvalue weighted by atomic mass is 16.5. The first-order valence-electron chi connectivity index (χ1n) is 12.4. The molecule has 7 heteroatoms. The Balaban J connectivity index is 1.34. The molecule has 0 unspecified atom stereocenters. The third-order valence-electron chi connectivity index (χ3n) is 7.03. The molecule has 0 radical (unpaired) electrons. The average Bonchev–Trinajstić information content (AvgIpc) is 3.31. The molecule has 0 bridgehead atoms. The number of fused-ring (bicyclic) bond motifs is 3. The maximum Gasteiger partial charge on any atom is 0.277 e. The SMILES string of the molecule is CCCc1ncc2c(=O)n(CCCN3CCC(c4ccccc4)CC3)c3ccc(OC)nc3n12. The first-order chi connectivity index (χ1) is 16.7. The summed E-state index contributed by atoms with van der Waals surface area (Å²) in [6.07, 6.45) is 6.75. The Labute approximate surface area is 200 Å². The zero-order chi connectivity index (χ0) is 23.5. The van der Waals surface area contributed by atoms with Gasteiger partial charge in [-0.3, -0.25) is 9.20 Å². The summed E-state index contributed by atoms with van der Waals surface area (Å²) >= 11 is 0. The predicted octanol–water partition coefficient (Wildman–Crippen LogP) is 4.28. The smallest absolute Gasteiger partial charge is 0.277 e. The van der Waals surface area contributed by atoms with Crippen molar-refractivity contribution in [2.75, 3.05) is 26.7 Å². The van der Waals surface area contributed by atoms with Crippen molar-refractivity contribution >= 4 is 16.7 Å². The molecule has 4 aromatic rings. The lowest BCUT2D eigenvalue weighted by Crippen LogP contribution is -2.34. The number of hydrogen-bond acceptors (Lipinski definition) is 5. The Kier molecular flexibility index (Phi) is 6.63. The lowest BCUT2D eigenvalue weighted by atomic mass is 9.89. The number of aromatic nitrogens is 4. The van der Waals surface area contributed by atoms with E-state index in [1.165, 1.54) is 18.4 Å². The summed E-state index contributed by atoms with van der Waals surface area (Å²) in [5, 5.41) is 0. The van der Waals surface area contributed by atoms with Crippen LogP contribution in [0.5, 0.6) is 5.88 Å². The second-order valence-corrected chi connectivity index (χ2v) is 9.18. The molecule has 0 saturated carbocycles. The number of imidazole rings is 1. The highest BCUT2D eigenvalue weighted by Crippen LogP contribution is 2.28. The van der Waals surface area contributed by atoms with Crippen molar-refractivity contribution in [2.24, 2.45) is 0 Å². The zero-order valence-corrected chi connectivity index (χ0v) is 20.1. The van der Waals surface area contributed by atoms with Gasteiger partial charge in [0, 0.05) is 19.0 Å². The molecule has 0 aliphatic carbocycles. The molecule has 0 N–H and O–H groups in total. The maximum atomic E-state index is 13.4. The van der Waals surface area contributed by atoms with Crippen LogP contribution in [0, 0.1) is 0 Å². The van der Waals surface area contributed by atoms with Gasteiger partial charge in [0.05, 0.1) is 18.8 Å². The van der Waals surface area contributed by atoms with E-state index < -0.39 is 0 Å². The third-order valence-corrected chi connectivity index (χ3v) is 7.03. The molecule has 3 aromatic heterocycles. The lowest BCUT2D eigenvalue weighted by molar-refractivity contribution is 0.207. The van der Waals surface area contributed by atoms with Crippen LogP contribution in [0.4, 0.5) is 0 Å². The summed E-state index contributed by atoms with van der Waals surface area (Å²) in [6, 6.07) is 14.6. The van der Waals surface area contributed by atoms with Gasteiger partial charge in [0.1, 0.15) is 11.3 Å². The Morgan fingerprint density at radius 1 is 1.03 bits per heavy atom. The number of aryl methyl sites for hydroxylation is 2. The van der Waals surface area contributed by atoms with Gasteiger partial charge in [-0.15, -0.1) is 0 Å². The monoisotopic (exact) mass is 459 g/mol. The number of pyridine rings is 1. The first kappa shape index (κ1) is 22.6. The minimum absolute atomic E-state index is 0.00268. The van der Waals surface area contributed by atoms with Crippen LogP contribution in [0.15, 0.2) is 53.5 Å². The van der Waals surface area contributed by atoms with Crippen LogP contribution >= 0.6 is 0 Å². The molecule has 7 nitrogen and oxygen atoms in total. The van der Waals surface area contributed by atoms with E-state index in [1.54, 1.807) is 13.3 Å². The van der Waals surface area contributed by atoms with Crippen molar-refractivity contribution in [1.82, 2.24) is 23.8 Å². The van der Waals surface area contributed by atoms with Gasteiger partial charge in [0.15, 0.2) is 5.65 Å². The highest BCUT2D eigenvalue weighted by Gasteiger charge is 2.21. The second-order valence-electron chi connectivity index (χ2n) is 9.18. The van der Waals surface area contributed by atoms with Crippen molar-refractivity contribution in [2.45, 2.75) is 51.5 Å². The summed E-state index contributed by atoms with van der Waals surface area (Å²) in [4.78, 5) is 25.2. The van der Waals surface area contributed by atoms with Crippen LogP contribution in [-0.2, 0) is 13.0 Å². The Morgan fingerprint density at radius 2 is 1.82 bits per heavy atom. The van der Waals surface area contributed by atoms with Crippen LogP contribution in [0.2, 0.25) is 0 Å². The van der Waals surface area contributed by atoms with Gasteiger partial charge in [-0.05, 0) is 62.9 Å². The molecule has 1 aliphatic rings. The van der Waals surface area contributed by atoms with E-state index in [1.807, 2.05) is 21.1 Å². The van der Waals surface area contributed by atoms with Crippen LogP contribution in [0.1, 0.15) is 49.9 Å². The highest BCUT2D eigenvalue weighted by molar-refractivity contribution is 5.76. The molecular weight excluding hydrogens is 426 g/mol.